The molecule has 2 atom stereocenters. The average Bonchev–Trinajstić information content (AvgIpc) is 2.54. The van der Waals surface area contributed by atoms with E-state index >= 15 is 0 Å². The predicted molar refractivity (Wildman–Crippen MR) is 82.2 cm³/mol. The Balaban J connectivity index is 2.20. The molecule has 5 heteroatoms. The van der Waals surface area contributed by atoms with Gasteiger partial charge in [-0.05, 0) is 37.3 Å². The lowest BCUT2D eigenvalue weighted by molar-refractivity contribution is 0.121. The molecule has 0 aliphatic heterocycles. The van der Waals surface area contributed by atoms with Gasteiger partial charge in [0.1, 0.15) is 11.5 Å². The predicted octanol–water partition coefficient (Wildman–Crippen LogP) is 3.14. The van der Waals surface area contributed by atoms with Crippen molar-refractivity contribution in [1.29, 1.82) is 0 Å². The number of ether oxygens (including phenoxy) is 2. The second-order valence-corrected chi connectivity index (χ2v) is 5.53. The second-order valence-electron chi connectivity index (χ2n) is 5.53. The van der Waals surface area contributed by atoms with E-state index in [9.17, 15) is 0 Å². The number of methoxy groups -OCH3 is 1. The first-order valence-electron chi connectivity index (χ1n) is 7.50. The lowest BCUT2D eigenvalue weighted by Crippen LogP contribution is -2.26. The quantitative estimate of drug-likeness (QED) is 0.378. The van der Waals surface area contributed by atoms with Crippen LogP contribution in [0, 0.1) is 5.92 Å². The standard InChI is InChI=1S/C16H24N2O3/c1-3-11-5-4-6-13(9-11)21-15-10-12(20-2)7-8-14(15)16(17)18-19/h7-8,10-11,13,19H,3-6,9H2,1-2H3,(H2,17,18). The molecule has 1 aromatic rings. The van der Waals surface area contributed by atoms with Crippen LogP contribution in [0.25, 0.3) is 0 Å². The summed E-state index contributed by atoms with van der Waals surface area (Å²) in [4.78, 5) is 0. The van der Waals surface area contributed by atoms with Gasteiger partial charge in [-0.3, -0.25) is 0 Å². The van der Waals surface area contributed by atoms with Crippen LogP contribution in [0.5, 0.6) is 11.5 Å². The first kappa shape index (κ1) is 15.5. The van der Waals surface area contributed by atoms with Crippen LogP contribution in [0.15, 0.2) is 23.4 Å². The molecule has 116 valence electrons. The molecule has 0 saturated heterocycles. The monoisotopic (exact) mass is 292 g/mol. The molecule has 1 aliphatic rings. The fourth-order valence-corrected chi connectivity index (χ4v) is 2.89. The zero-order valence-corrected chi connectivity index (χ0v) is 12.7. The van der Waals surface area contributed by atoms with E-state index < -0.39 is 0 Å². The van der Waals surface area contributed by atoms with Gasteiger partial charge in [0.25, 0.3) is 0 Å². The maximum absolute atomic E-state index is 8.90. The van der Waals surface area contributed by atoms with Gasteiger partial charge in [0.05, 0.1) is 18.8 Å². The highest BCUT2D eigenvalue weighted by molar-refractivity contribution is 5.99. The van der Waals surface area contributed by atoms with E-state index in [1.54, 1.807) is 25.3 Å². The van der Waals surface area contributed by atoms with Gasteiger partial charge in [0.15, 0.2) is 5.84 Å². The number of rotatable bonds is 5. The molecule has 2 rings (SSSR count). The minimum atomic E-state index is 0.0514. The lowest BCUT2D eigenvalue weighted by Gasteiger charge is -2.29. The summed E-state index contributed by atoms with van der Waals surface area (Å²) in [6, 6.07) is 5.32. The molecule has 1 saturated carbocycles. The SMILES string of the molecule is CCC1CCCC(Oc2cc(OC)ccc2/C(N)=N/O)C1. The van der Waals surface area contributed by atoms with Crippen LogP contribution in [0.4, 0.5) is 0 Å². The number of nitrogens with zero attached hydrogens (tertiary/aromatic N) is 1. The van der Waals surface area contributed by atoms with Gasteiger partial charge in [-0.1, -0.05) is 24.9 Å². The van der Waals surface area contributed by atoms with Crippen molar-refractivity contribution >= 4 is 5.84 Å². The zero-order chi connectivity index (χ0) is 15.2. The van der Waals surface area contributed by atoms with Crippen LogP contribution in [0.3, 0.4) is 0 Å². The molecule has 5 nitrogen and oxygen atoms in total. The van der Waals surface area contributed by atoms with E-state index in [2.05, 4.69) is 12.1 Å². The second kappa shape index (κ2) is 7.20. The van der Waals surface area contributed by atoms with Crippen molar-refractivity contribution < 1.29 is 14.7 Å². The largest absolute Gasteiger partial charge is 0.497 e. The van der Waals surface area contributed by atoms with Crippen molar-refractivity contribution in [1.82, 2.24) is 0 Å². The highest BCUT2D eigenvalue weighted by Gasteiger charge is 2.23. The Bertz CT molecular complexity index is 502. The molecule has 0 heterocycles. The third kappa shape index (κ3) is 3.80. The number of amidine groups is 1. The van der Waals surface area contributed by atoms with Crippen molar-refractivity contribution in [2.24, 2.45) is 16.8 Å². The van der Waals surface area contributed by atoms with Gasteiger partial charge >= 0.3 is 0 Å². The number of benzene rings is 1. The van der Waals surface area contributed by atoms with Crippen LogP contribution >= 0.6 is 0 Å². The van der Waals surface area contributed by atoms with Gasteiger partial charge in [-0.2, -0.15) is 0 Å². The summed E-state index contributed by atoms with van der Waals surface area (Å²) in [5.74, 6) is 2.09. The highest BCUT2D eigenvalue weighted by atomic mass is 16.5. The molecule has 21 heavy (non-hydrogen) atoms. The van der Waals surface area contributed by atoms with Crippen molar-refractivity contribution in [2.75, 3.05) is 7.11 Å². The fourth-order valence-electron chi connectivity index (χ4n) is 2.89. The van der Waals surface area contributed by atoms with E-state index in [1.165, 1.54) is 19.3 Å². The molecular formula is C16H24N2O3. The summed E-state index contributed by atoms with van der Waals surface area (Å²) in [7, 11) is 1.61. The molecule has 3 N–H and O–H groups in total. The molecule has 1 aromatic carbocycles. The summed E-state index contributed by atoms with van der Waals surface area (Å²) in [6.07, 6.45) is 5.94. The van der Waals surface area contributed by atoms with Crippen LogP contribution in [-0.2, 0) is 0 Å². The summed E-state index contributed by atoms with van der Waals surface area (Å²) in [5, 5.41) is 12.0. The third-order valence-corrected chi connectivity index (χ3v) is 4.18. The molecule has 0 bridgehead atoms. The van der Waals surface area contributed by atoms with Gasteiger partial charge in [0.2, 0.25) is 0 Å². The summed E-state index contributed by atoms with van der Waals surface area (Å²) in [6.45, 7) is 2.22. The Morgan fingerprint density at radius 3 is 2.90 bits per heavy atom. The van der Waals surface area contributed by atoms with E-state index in [4.69, 9.17) is 20.4 Å². The summed E-state index contributed by atoms with van der Waals surface area (Å²) >= 11 is 0. The summed E-state index contributed by atoms with van der Waals surface area (Å²) < 4.78 is 11.4. The molecule has 0 aromatic heterocycles. The van der Waals surface area contributed by atoms with Crippen LogP contribution in [0.2, 0.25) is 0 Å². The van der Waals surface area contributed by atoms with Crippen molar-refractivity contribution in [3.8, 4) is 11.5 Å². The molecule has 2 unspecified atom stereocenters. The number of hydrogen-bond donors (Lipinski definition) is 2. The van der Waals surface area contributed by atoms with E-state index in [0.717, 1.165) is 18.8 Å². The maximum atomic E-state index is 8.90. The average molecular weight is 292 g/mol. The zero-order valence-electron chi connectivity index (χ0n) is 12.7. The number of hydrogen-bond acceptors (Lipinski definition) is 4. The Hall–Kier alpha value is -1.91. The topological polar surface area (TPSA) is 77.1 Å². The van der Waals surface area contributed by atoms with Gasteiger partial charge in [0, 0.05) is 6.07 Å². The van der Waals surface area contributed by atoms with Crippen molar-refractivity contribution in [3.63, 3.8) is 0 Å². The number of oxime groups is 1. The van der Waals surface area contributed by atoms with Crippen LogP contribution < -0.4 is 15.2 Å². The molecule has 0 amide bonds. The van der Waals surface area contributed by atoms with Crippen molar-refractivity contribution in [2.45, 2.75) is 45.1 Å². The van der Waals surface area contributed by atoms with Gasteiger partial charge < -0.3 is 20.4 Å². The van der Waals surface area contributed by atoms with Gasteiger partial charge in [-0.25, -0.2) is 0 Å². The normalized spacial score (nSPS) is 22.9. The van der Waals surface area contributed by atoms with Crippen LogP contribution in [-0.4, -0.2) is 24.3 Å². The van der Waals surface area contributed by atoms with Crippen LogP contribution in [0.1, 0.15) is 44.6 Å². The maximum Gasteiger partial charge on any atom is 0.173 e. The first-order chi connectivity index (χ1) is 10.2. The smallest absolute Gasteiger partial charge is 0.173 e. The third-order valence-electron chi connectivity index (χ3n) is 4.18. The van der Waals surface area contributed by atoms with E-state index in [0.29, 0.717) is 17.1 Å². The fraction of sp³-hybridized carbons (Fsp3) is 0.562. The van der Waals surface area contributed by atoms with Gasteiger partial charge in [-0.15, -0.1) is 0 Å². The minimum Gasteiger partial charge on any atom is -0.497 e. The Morgan fingerprint density at radius 1 is 1.43 bits per heavy atom. The summed E-state index contributed by atoms with van der Waals surface area (Å²) in [5.41, 5.74) is 6.32. The molecule has 0 radical (unpaired) electrons. The number of nitrogens with two attached hydrogens (primary N) is 1. The Labute approximate surface area is 125 Å². The molecule has 1 aliphatic carbocycles. The van der Waals surface area contributed by atoms with E-state index in [-0.39, 0.29) is 11.9 Å². The molecular weight excluding hydrogens is 268 g/mol. The Morgan fingerprint density at radius 2 is 2.24 bits per heavy atom. The first-order valence-corrected chi connectivity index (χ1v) is 7.50. The van der Waals surface area contributed by atoms with Crippen molar-refractivity contribution in [3.05, 3.63) is 23.8 Å². The molecule has 0 spiro atoms. The minimum absolute atomic E-state index is 0.0514. The van der Waals surface area contributed by atoms with E-state index in [1.807, 2.05) is 0 Å². The Kier molecular flexibility index (Phi) is 5.31. The highest BCUT2D eigenvalue weighted by Crippen LogP contribution is 2.32. The molecule has 1 fully saturated rings. The lowest BCUT2D eigenvalue weighted by atomic mass is 9.85.